The van der Waals surface area contributed by atoms with Gasteiger partial charge in [-0.2, -0.15) is 0 Å². The van der Waals surface area contributed by atoms with Gasteiger partial charge in [-0.15, -0.1) is 0 Å². The number of benzene rings is 1. The fourth-order valence-electron chi connectivity index (χ4n) is 3.51. The summed E-state index contributed by atoms with van der Waals surface area (Å²) in [5.74, 6) is 0. The van der Waals surface area contributed by atoms with Crippen molar-refractivity contribution in [2.45, 2.75) is 44.3 Å². The highest BCUT2D eigenvalue weighted by molar-refractivity contribution is 6.31. The highest BCUT2D eigenvalue weighted by Gasteiger charge is 2.37. The van der Waals surface area contributed by atoms with E-state index in [1.165, 1.54) is 37.9 Å². The van der Waals surface area contributed by atoms with E-state index in [4.69, 9.17) is 11.6 Å². The van der Waals surface area contributed by atoms with Crippen molar-refractivity contribution in [2.24, 2.45) is 0 Å². The van der Waals surface area contributed by atoms with Crippen LogP contribution >= 0.6 is 11.6 Å². The van der Waals surface area contributed by atoms with Gasteiger partial charge in [0.2, 0.25) is 0 Å². The Morgan fingerprint density at radius 3 is 2.94 bits per heavy atom. The highest BCUT2D eigenvalue weighted by Crippen LogP contribution is 2.30. The quantitative estimate of drug-likeness (QED) is 0.902. The molecular formula is C15H21ClN2. The normalized spacial score (nSPS) is 29.4. The minimum absolute atomic E-state index is 0.337. The smallest absolute Gasteiger partial charge is 0.0453 e. The first-order chi connectivity index (χ1) is 8.75. The molecule has 98 valence electrons. The molecule has 0 radical (unpaired) electrons. The molecule has 0 bridgehead atoms. The minimum Gasteiger partial charge on any atom is -0.306 e. The van der Waals surface area contributed by atoms with E-state index in [0.717, 1.165) is 11.1 Å². The predicted octanol–water partition coefficient (Wildman–Crippen LogP) is 3.23. The second-order valence-electron chi connectivity index (χ2n) is 5.55. The molecule has 2 fully saturated rings. The minimum atomic E-state index is 0.337. The van der Waals surface area contributed by atoms with E-state index in [0.29, 0.717) is 12.1 Å². The Balaban J connectivity index is 1.68. The molecule has 2 saturated heterocycles. The Morgan fingerprint density at radius 2 is 2.11 bits per heavy atom. The average molecular weight is 265 g/mol. The van der Waals surface area contributed by atoms with Gasteiger partial charge in [0.15, 0.2) is 0 Å². The summed E-state index contributed by atoms with van der Waals surface area (Å²) in [6.45, 7) is 4.78. The van der Waals surface area contributed by atoms with E-state index < -0.39 is 0 Å². The first-order valence-electron chi connectivity index (χ1n) is 7.00. The molecule has 0 spiro atoms. The fourth-order valence-corrected chi connectivity index (χ4v) is 3.81. The highest BCUT2D eigenvalue weighted by atomic mass is 35.5. The van der Waals surface area contributed by atoms with Gasteiger partial charge in [0.05, 0.1) is 0 Å². The van der Waals surface area contributed by atoms with Gasteiger partial charge in [-0.1, -0.05) is 29.8 Å². The van der Waals surface area contributed by atoms with Crippen molar-refractivity contribution in [3.63, 3.8) is 0 Å². The van der Waals surface area contributed by atoms with Crippen LogP contribution in [0.2, 0.25) is 5.02 Å². The third-order valence-corrected chi connectivity index (χ3v) is 4.79. The summed E-state index contributed by atoms with van der Waals surface area (Å²) in [7, 11) is 0. The Morgan fingerprint density at radius 1 is 1.28 bits per heavy atom. The first kappa shape index (κ1) is 12.5. The SMILES string of the molecule is CC(NC1CCN2CCCC12)c1ccccc1Cl. The van der Waals surface area contributed by atoms with Crippen molar-refractivity contribution in [3.05, 3.63) is 34.9 Å². The van der Waals surface area contributed by atoms with Crippen LogP contribution in [0.25, 0.3) is 0 Å². The van der Waals surface area contributed by atoms with Gasteiger partial charge >= 0.3 is 0 Å². The number of rotatable bonds is 3. The molecule has 3 rings (SSSR count). The second kappa shape index (κ2) is 5.20. The molecule has 1 aromatic rings. The number of hydrogen-bond acceptors (Lipinski definition) is 2. The third kappa shape index (κ3) is 2.29. The van der Waals surface area contributed by atoms with Crippen LogP contribution in [0.4, 0.5) is 0 Å². The summed E-state index contributed by atoms with van der Waals surface area (Å²) < 4.78 is 0. The summed E-state index contributed by atoms with van der Waals surface area (Å²) in [6, 6.07) is 9.90. The van der Waals surface area contributed by atoms with Crippen LogP contribution in [0.5, 0.6) is 0 Å². The van der Waals surface area contributed by atoms with E-state index in [9.17, 15) is 0 Å². The zero-order valence-corrected chi connectivity index (χ0v) is 11.7. The lowest BCUT2D eigenvalue weighted by atomic mass is 10.0. The van der Waals surface area contributed by atoms with Gasteiger partial charge in [0.1, 0.15) is 0 Å². The molecule has 0 amide bonds. The van der Waals surface area contributed by atoms with Crippen molar-refractivity contribution in [3.8, 4) is 0 Å². The molecular weight excluding hydrogens is 244 g/mol. The number of nitrogens with zero attached hydrogens (tertiary/aromatic N) is 1. The number of nitrogens with one attached hydrogen (secondary N) is 1. The van der Waals surface area contributed by atoms with Crippen molar-refractivity contribution in [1.82, 2.24) is 10.2 Å². The Labute approximate surface area is 114 Å². The molecule has 1 aromatic carbocycles. The van der Waals surface area contributed by atoms with E-state index in [1.54, 1.807) is 0 Å². The Hall–Kier alpha value is -0.570. The Bertz CT molecular complexity index is 421. The van der Waals surface area contributed by atoms with Gasteiger partial charge in [-0.25, -0.2) is 0 Å². The van der Waals surface area contributed by atoms with E-state index in [1.807, 2.05) is 12.1 Å². The van der Waals surface area contributed by atoms with E-state index >= 15 is 0 Å². The van der Waals surface area contributed by atoms with Crippen LogP contribution < -0.4 is 5.32 Å². The molecule has 1 N–H and O–H groups in total. The number of halogens is 1. The molecule has 2 nitrogen and oxygen atoms in total. The maximum Gasteiger partial charge on any atom is 0.0453 e. The van der Waals surface area contributed by atoms with E-state index in [2.05, 4.69) is 29.3 Å². The molecule has 0 saturated carbocycles. The average Bonchev–Trinajstić information content (AvgIpc) is 2.94. The van der Waals surface area contributed by atoms with Gasteiger partial charge in [0, 0.05) is 29.7 Å². The van der Waals surface area contributed by atoms with Gasteiger partial charge in [-0.3, -0.25) is 4.90 Å². The van der Waals surface area contributed by atoms with E-state index in [-0.39, 0.29) is 0 Å². The largest absolute Gasteiger partial charge is 0.306 e. The molecule has 2 heterocycles. The number of hydrogen-bond donors (Lipinski definition) is 1. The zero-order chi connectivity index (χ0) is 12.5. The molecule has 2 aliphatic heterocycles. The summed E-state index contributed by atoms with van der Waals surface area (Å²) in [4.78, 5) is 2.64. The maximum absolute atomic E-state index is 6.27. The summed E-state index contributed by atoms with van der Waals surface area (Å²) in [5, 5.41) is 4.66. The van der Waals surface area contributed by atoms with Crippen molar-refractivity contribution in [2.75, 3.05) is 13.1 Å². The molecule has 0 aliphatic carbocycles. The van der Waals surface area contributed by atoms with Crippen LogP contribution in [0, 0.1) is 0 Å². The van der Waals surface area contributed by atoms with Crippen LogP contribution in [-0.2, 0) is 0 Å². The molecule has 18 heavy (non-hydrogen) atoms. The van der Waals surface area contributed by atoms with Crippen LogP contribution in [0.3, 0.4) is 0 Å². The topological polar surface area (TPSA) is 15.3 Å². The lowest BCUT2D eigenvalue weighted by molar-refractivity contribution is 0.291. The summed E-state index contributed by atoms with van der Waals surface area (Å²) >= 11 is 6.27. The van der Waals surface area contributed by atoms with Gasteiger partial charge < -0.3 is 5.32 Å². The fraction of sp³-hybridized carbons (Fsp3) is 0.600. The lowest BCUT2D eigenvalue weighted by Gasteiger charge is -2.25. The standard InChI is InChI=1S/C15H21ClN2/c1-11(12-5-2-3-6-13(12)16)17-14-8-10-18-9-4-7-15(14)18/h2-3,5-6,11,14-15,17H,4,7-10H2,1H3. The molecule has 3 atom stereocenters. The summed E-state index contributed by atoms with van der Waals surface area (Å²) in [5.41, 5.74) is 1.22. The Kier molecular flexibility index (Phi) is 3.60. The molecule has 3 heteroatoms. The number of fused-ring (bicyclic) bond motifs is 1. The monoisotopic (exact) mass is 264 g/mol. The van der Waals surface area contributed by atoms with Crippen LogP contribution in [0.15, 0.2) is 24.3 Å². The zero-order valence-electron chi connectivity index (χ0n) is 10.9. The van der Waals surface area contributed by atoms with Crippen molar-refractivity contribution in [1.29, 1.82) is 0 Å². The van der Waals surface area contributed by atoms with Crippen LogP contribution in [0.1, 0.15) is 37.8 Å². The maximum atomic E-state index is 6.27. The van der Waals surface area contributed by atoms with Gasteiger partial charge in [-0.05, 0) is 44.4 Å². The lowest BCUT2D eigenvalue weighted by Crippen LogP contribution is -2.40. The second-order valence-corrected chi connectivity index (χ2v) is 5.96. The molecule has 3 unspecified atom stereocenters. The van der Waals surface area contributed by atoms with Crippen LogP contribution in [-0.4, -0.2) is 30.1 Å². The predicted molar refractivity (Wildman–Crippen MR) is 76.0 cm³/mol. The van der Waals surface area contributed by atoms with Gasteiger partial charge in [0.25, 0.3) is 0 Å². The van der Waals surface area contributed by atoms with Crippen molar-refractivity contribution >= 4 is 11.6 Å². The summed E-state index contributed by atoms with van der Waals surface area (Å²) in [6.07, 6.45) is 4.00. The molecule has 2 aliphatic rings. The van der Waals surface area contributed by atoms with Crippen molar-refractivity contribution < 1.29 is 0 Å². The first-order valence-corrected chi connectivity index (χ1v) is 7.38. The third-order valence-electron chi connectivity index (χ3n) is 4.44. The molecule has 0 aromatic heterocycles.